The van der Waals surface area contributed by atoms with Crippen LogP contribution in [0, 0.1) is 27.9 Å². The smallest absolute Gasteiger partial charge is 0.305 e. The minimum absolute atomic E-state index is 0.0183. The maximum Gasteiger partial charge on any atom is 0.305 e. The predicted octanol–water partition coefficient (Wildman–Crippen LogP) is 4.00. The van der Waals surface area contributed by atoms with Crippen LogP contribution < -0.4 is 4.87 Å². The number of nitrogens with zero attached hydrogens (tertiary/aromatic N) is 1. The third-order valence-corrected chi connectivity index (χ3v) is 8.53. The molecule has 1 aromatic heterocycles. The minimum atomic E-state index is -0.333. The van der Waals surface area contributed by atoms with Crippen LogP contribution in [0.4, 0.5) is 5.69 Å². The van der Waals surface area contributed by atoms with Crippen molar-refractivity contribution in [2.75, 3.05) is 0 Å². The molecule has 3 aliphatic rings. The van der Waals surface area contributed by atoms with Crippen molar-refractivity contribution in [1.82, 2.24) is 4.98 Å². The highest BCUT2D eigenvalue weighted by Gasteiger charge is 2.54. The Morgan fingerprint density at radius 2 is 2.08 bits per heavy atom. The summed E-state index contributed by atoms with van der Waals surface area (Å²) in [5.74, 6) is 2.02. The number of nitro groups is 1. The SMILES string of the molecule is O=c1[nH]c2c(s1)[C@@H](c1cccc([N+](=O)[O-])c1)[C@H]1[C@H]3CC[C@@H](C3)[C@@H]1S2. The molecule has 1 aliphatic heterocycles. The summed E-state index contributed by atoms with van der Waals surface area (Å²) in [6.07, 6.45) is 3.81. The Bertz CT molecular complexity index is 890. The number of fused-ring (bicyclic) bond motifs is 6. The van der Waals surface area contributed by atoms with Crippen molar-refractivity contribution in [3.63, 3.8) is 0 Å². The Labute approximate surface area is 146 Å². The van der Waals surface area contributed by atoms with Gasteiger partial charge in [0.1, 0.15) is 0 Å². The van der Waals surface area contributed by atoms with Crippen LogP contribution >= 0.6 is 23.1 Å². The number of H-pyrrole nitrogens is 1. The largest absolute Gasteiger partial charge is 0.307 e. The molecule has 5 atom stereocenters. The molecule has 2 aliphatic carbocycles. The second kappa shape index (κ2) is 5.20. The fourth-order valence-corrected chi connectivity index (χ4v) is 7.95. The van der Waals surface area contributed by atoms with Crippen molar-refractivity contribution < 1.29 is 4.92 Å². The van der Waals surface area contributed by atoms with Gasteiger partial charge in [0.25, 0.3) is 5.69 Å². The molecular formula is C17H16N2O3S2. The molecule has 0 radical (unpaired) electrons. The molecule has 7 heteroatoms. The Balaban J connectivity index is 1.68. The van der Waals surface area contributed by atoms with Crippen molar-refractivity contribution in [1.29, 1.82) is 0 Å². The Kier molecular flexibility index (Phi) is 3.19. The Morgan fingerprint density at radius 3 is 2.92 bits per heavy atom. The van der Waals surface area contributed by atoms with Gasteiger partial charge >= 0.3 is 4.87 Å². The summed E-state index contributed by atoms with van der Waals surface area (Å²) in [6.45, 7) is 0. The van der Waals surface area contributed by atoms with E-state index in [2.05, 4.69) is 4.98 Å². The maximum atomic E-state index is 11.9. The van der Waals surface area contributed by atoms with Gasteiger partial charge in [0, 0.05) is 28.2 Å². The molecule has 2 aromatic rings. The summed E-state index contributed by atoms with van der Waals surface area (Å²) in [5, 5.41) is 12.7. The van der Waals surface area contributed by atoms with Gasteiger partial charge < -0.3 is 4.98 Å². The van der Waals surface area contributed by atoms with Gasteiger partial charge in [0.05, 0.1) is 9.95 Å². The summed E-state index contributed by atoms with van der Waals surface area (Å²) in [4.78, 5) is 26.9. The minimum Gasteiger partial charge on any atom is -0.307 e. The Morgan fingerprint density at radius 1 is 1.25 bits per heavy atom. The summed E-state index contributed by atoms with van der Waals surface area (Å²) >= 11 is 3.12. The molecule has 124 valence electrons. The van der Waals surface area contributed by atoms with Gasteiger partial charge in [-0.1, -0.05) is 23.5 Å². The van der Waals surface area contributed by atoms with Gasteiger partial charge in [0.15, 0.2) is 0 Å². The lowest BCUT2D eigenvalue weighted by atomic mass is 9.75. The van der Waals surface area contributed by atoms with Crippen LogP contribution in [0.5, 0.6) is 0 Å². The zero-order valence-electron chi connectivity index (χ0n) is 12.8. The van der Waals surface area contributed by atoms with E-state index < -0.39 is 0 Å². The summed E-state index contributed by atoms with van der Waals surface area (Å²) in [6, 6.07) is 7.01. The van der Waals surface area contributed by atoms with Crippen molar-refractivity contribution in [3.05, 3.63) is 54.5 Å². The number of nitrogens with one attached hydrogen (secondary N) is 1. The Hall–Kier alpha value is -1.60. The van der Waals surface area contributed by atoms with Gasteiger partial charge in [-0.25, -0.2) is 0 Å². The van der Waals surface area contributed by atoms with Crippen LogP contribution in [-0.2, 0) is 0 Å². The molecule has 24 heavy (non-hydrogen) atoms. The second-order valence-corrected chi connectivity index (χ2v) is 9.23. The van der Waals surface area contributed by atoms with Gasteiger partial charge in [-0.05, 0) is 42.6 Å². The normalized spacial score (nSPS) is 33.2. The van der Waals surface area contributed by atoms with Gasteiger partial charge in [-0.15, -0.1) is 11.8 Å². The first-order chi connectivity index (χ1) is 11.6. The molecular weight excluding hydrogens is 344 g/mol. The average Bonchev–Trinajstić information content (AvgIpc) is 3.26. The van der Waals surface area contributed by atoms with E-state index in [1.807, 2.05) is 17.8 Å². The highest BCUT2D eigenvalue weighted by Crippen LogP contribution is 2.63. The number of thiazole rings is 1. The average molecular weight is 360 g/mol. The third kappa shape index (κ3) is 2.04. The van der Waals surface area contributed by atoms with Crippen LogP contribution in [0.2, 0.25) is 0 Å². The first-order valence-electron chi connectivity index (χ1n) is 8.26. The summed E-state index contributed by atoms with van der Waals surface area (Å²) < 4.78 is 0. The number of non-ortho nitro benzene ring substituents is 1. The van der Waals surface area contributed by atoms with Crippen molar-refractivity contribution >= 4 is 28.8 Å². The molecule has 2 heterocycles. The van der Waals surface area contributed by atoms with E-state index in [4.69, 9.17) is 0 Å². The highest BCUT2D eigenvalue weighted by molar-refractivity contribution is 8.00. The van der Waals surface area contributed by atoms with E-state index in [9.17, 15) is 14.9 Å². The van der Waals surface area contributed by atoms with Crippen molar-refractivity contribution in [3.8, 4) is 0 Å². The lowest BCUT2D eigenvalue weighted by Crippen LogP contribution is -2.33. The number of thioether (sulfide) groups is 1. The van der Waals surface area contributed by atoms with Gasteiger partial charge in [-0.3, -0.25) is 14.9 Å². The maximum absolute atomic E-state index is 11.9. The molecule has 2 bridgehead atoms. The topological polar surface area (TPSA) is 76.0 Å². The van der Waals surface area contributed by atoms with Crippen LogP contribution in [0.15, 0.2) is 34.1 Å². The number of benzene rings is 1. The quantitative estimate of drug-likeness (QED) is 0.649. The van der Waals surface area contributed by atoms with E-state index in [1.54, 1.807) is 18.2 Å². The fraction of sp³-hybridized carbons (Fsp3) is 0.471. The lowest BCUT2D eigenvalue weighted by molar-refractivity contribution is -0.384. The molecule has 5 rings (SSSR count). The lowest BCUT2D eigenvalue weighted by Gasteiger charge is -2.40. The standard InChI is InChI=1S/C17H16N2O3S2/c20-17-18-16-15(24-17)13(8-2-1-3-11(7-8)19(21)22)12-9-4-5-10(6-9)14(12)23-16/h1-3,7,9-10,12-14H,4-6H2,(H,18,20)/t9-,10-,12+,13-,14-/m0/s1. The monoisotopic (exact) mass is 360 g/mol. The van der Waals surface area contributed by atoms with Crippen LogP contribution in [-0.4, -0.2) is 15.2 Å². The number of aromatic amines is 1. The number of hydrogen-bond donors (Lipinski definition) is 1. The number of aromatic nitrogens is 1. The molecule has 1 aromatic carbocycles. The van der Waals surface area contributed by atoms with Crippen LogP contribution in [0.1, 0.15) is 35.6 Å². The first kappa shape index (κ1) is 14.7. The van der Waals surface area contributed by atoms with Crippen molar-refractivity contribution in [2.45, 2.75) is 35.5 Å². The van der Waals surface area contributed by atoms with Crippen LogP contribution in [0.25, 0.3) is 0 Å². The van der Waals surface area contributed by atoms with Gasteiger partial charge in [0.2, 0.25) is 0 Å². The zero-order valence-corrected chi connectivity index (χ0v) is 14.4. The molecule has 1 N–H and O–H groups in total. The molecule has 0 spiro atoms. The summed E-state index contributed by atoms with van der Waals surface area (Å²) in [5.41, 5.74) is 1.12. The van der Waals surface area contributed by atoms with E-state index in [-0.39, 0.29) is 21.4 Å². The fourth-order valence-electron chi connectivity index (χ4n) is 5.05. The number of hydrogen-bond acceptors (Lipinski definition) is 5. The predicted molar refractivity (Wildman–Crippen MR) is 93.8 cm³/mol. The summed E-state index contributed by atoms with van der Waals surface area (Å²) in [7, 11) is 0. The van der Waals surface area contributed by atoms with E-state index in [0.717, 1.165) is 21.4 Å². The van der Waals surface area contributed by atoms with E-state index in [0.29, 0.717) is 17.1 Å². The van der Waals surface area contributed by atoms with E-state index in [1.165, 1.54) is 30.6 Å². The molecule has 5 nitrogen and oxygen atoms in total. The van der Waals surface area contributed by atoms with Crippen molar-refractivity contribution in [2.24, 2.45) is 17.8 Å². The highest BCUT2D eigenvalue weighted by atomic mass is 32.2. The molecule has 2 saturated carbocycles. The molecule has 0 unspecified atom stereocenters. The molecule has 0 amide bonds. The van der Waals surface area contributed by atoms with E-state index >= 15 is 0 Å². The molecule has 0 saturated heterocycles. The van der Waals surface area contributed by atoms with Gasteiger partial charge in [-0.2, -0.15) is 0 Å². The second-order valence-electron chi connectivity index (χ2n) is 7.03. The molecule has 2 fully saturated rings. The zero-order chi connectivity index (χ0) is 16.4. The third-order valence-electron chi connectivity index (χ3n) is 5.91. The number of nitro benzene ring substituents is 1. The van der Waals surface area contributed by atoms with Crippen LogP contribution in [0.3, 0.4) is 0 Å². The first-order valence-corrected chi connectivity index (χ1v) is 9.95. The number of rotatable bonds is 2.